The van der Waals surface area contributed by atoms with E-state index in [0.29, 0.717) is 18.7 Å². The Bertz CT molecular complexity index is 819. The summed E-state index contributed by atoms with van der Waals surface area (Å²) in [6.07, 6.45) is 7.63. The van der Waals surface area contributed by atoms with Crippen LogP contribution in [-0.2, 0) is 13.6 Å². The zero-order valence-corrected chi connectivity index (χ0v) is 14.8. The van der Waals surface area contributed by atoms with E-state index in [0.717, 1.165) is 16.8 Å². The predicted molar refractivity (Wildman–Crippen MR) is 105 cm³/mol. The molecule has 0 saturated carbocycles. The van der Waals surface area contributed by atoms with E-state index in [1.807, 2.05) is 55.6 Å². The van der Waals surface area contributed by atoms with Gasteiger partial charge in [0.25, 0.3) is 5.56 Å². The maximum Gasteiger partial charge on any atom is 0.253 e. The summed E-state index contributed by atoms with van der Waals surface area (Å²) < 4.78 is 1.59. The van der Waals surface area contributed by atoms with Gasteiger partial charge in [0.2, 0.25) is 0 Å². The molecule has 3 N–H and O–H groups in total. The van der Waals surface area contributed by atoms with Crippen molar-refractivity contribution in [1.82, 2.24) is 9.88 Å². The van der Waals surface area contributed by atoms with E-state index in [9.17, 15) is 4.79 Å². The smallest absolute Gasteiger partial charge is 0.253 e. The quantitative estimate of drug-likeness (QED) is 0.765. The minimum Gasteiger partial charge on any atom is -0.381 e. The van der Waals surface area contributed by atoms with E-state index >= 15 is 0 Å². The zero-order valence-electron chi connectivity index (χ0n) is 14.8. The van der Waals surface area contributed by atoms with E-state index < -0.39 is 0 Å². The van der Waals surface area contributed by atoms with Crippen LogP contribution < -0.4 is 16.6 Å². The van der Waals surface area contributed by atoms with Gasteiger partial charge in [0.15, 0.2) is 0 Å². The fourth-order valence-electron chi connectivity index (χ4n) is 2.51. The molecule has 0 unspecified atom stereocenters. The highest BCUT2D eigenvalue weighted by Crippen LogP contribution is 2.17. The van der Waals surface area contributed by atoms with Crippen molar-refractivity contribution in [1.29, 1.82) is 0 Å². The van der Waals surface area contributed by atoms with Crippen LogP contribution in [0.25, 0.3) is 5.57 Å². The van der Waals surface area contributed by atoms with Gasteiger partial charge in [-0.1, -0.05) is 49.1 Å². The first-order valence-electron chi connectivity index (χ1n) is 8.24. The van der Waals surface area contributed by atoms with Gasteiger partial charge in [0, 0.05) is 37.6 Å². The molecule has 2 aromatic rings. The van der Waals surface area contributed by atoms with Crippen LogP contribution in [0, 0.1) is 6.92 Å². The molecule has 0 fully saturated rings. The van der Waals surface area contributed by atoms with Gasteiger partial charge in [0.1, 0.15) is 0 Å². The summed E-state index contributed by atoms with van der Waals surface area (Å²) in [6.45, 7) is 7.06. The molecule has 0 amide bonds. The Balaban J connectivity index is 2.24. The fourth-order valence-corrected chi connectivity index (χ4v) is 2.51. The third kappa shape index (κ3) is 5.33. The lowest BCUT2D eigenvalue weighted by atomic mass is 10.0. The maximum absolute atomic E-state index is 11.9. The Morgan fingerprint density at radius 3 is 2.68 bits per heavy atom. The summed E-state index contributed by atoms with van der Waals surface area (Å²) in [5, 5.41) is 3.31. The number of aromatic nitrogens is 1. The Morgan fingerprint density at radius 2 is 2.04 bits per heavy atom. The third-order valence-electron chi connectivity index (χ3n) is 3.82. The summed E-state index contributed by atoms with van der Waals surface area (Å²) in [6, 6.07) is 12.0. The first kappa shape index (κ1) is 18.5. The van der Waals surface area contributed by atoms with Crippen LogP contribution in [0.3, 0.4) is 0 Å². The van der Waals surface area contributed by atoms with E-state index in [-0.39, 0.29) is 5.56 Å². The Labute approximate surface area is 149 Å². The van der Waals surface area contributed by atoms with Crippen LogP contribution in [0.15, 0.2) is 77.9 Å². The summed E-state index contributed by atoms with van der Waals surface area (Å²) in [7, 11) is 1.76. The average Bonchev–Trinajstić information content (AvgIpc) is 2.62. The Morgan fingerprint density at radius 1 is 1.32 bits per heavy atom. The number of aryl methyl sites for hydroxylation is 2. The first-order chi connectivity index (χ1) is 12.0. The van der Waals surface area contributed by atoms with Crippen molar-refractivity contribution in [2.75, 3.05) is 6.54 Å². The lowest BCUT2D eigenvalue weighted by Gasteiger charge is -2.10. The number of rotatable bonds is 7. The van der Waals surface area contributed by atoms with Gasteiger partial charge in [-0.25, -0.2) is 0 Å². The van der Waals surface area contributed by atoms with Crippen molar-refractivity contribution in [3.05, 3.63) is 100 Å². The highest BCUT2D eigenvalue weighted by atomic mass is 16.1. The number of nitrogens with two attached hydrogens (primary N) is 1. The number of benzene rings is 1. The lowest BCUT2D eigenvalue weighted by molar-refractivity contribution is 0.836. The standard InChI is InChI=1S/C21H25N3O/c1-16-12-20(15-24(3)21(16)25)19(10-7-11-22)13-17(2)23-14-18-8-5-4-6-9-18/h4-10,12-13,15,23H,2,11,14,22H2,1,3H3/b10-7-,19-13+. The average molecular weight is 335 g/mol. The van der Waals surface area contributed by atoms with E-state index in [4.69, 9.17) is 5.73 Å². The van der Waals surface area contributed by atoms with Gasteiger partial charge >= 0.3 is 0 Å². The van der Waals surface area contributed by atoms with Crippen molar-refractivity contribution in [3.8, 4) is 0 Å². The molecule has 0 aliphatic heterocycles. The van der Waals surface area contributed by atoms with Crippen molar-refractivity contribution in [2.45, 2.75) is 13.5 Å². The molecule has 1 aromatic carbocycles. The zero-order chi connectivity index (χ0) is 18.2. The van der Waals surface area contributed by atoms with Crippen LogP contribution in [0.2, 0.25) is 0 Å². The number of nitrogens with one attached hydrogen (secondary N) is 1. The molecule has 0 bridgehead atoms. The molecule has 0 radical (unpaired) electrons. The monoisotopic (exact) mass is 335 g/mol. The number of pyridine rings is 1. The van der Waals surface area contributed by atoms with Gasteiger partial charge < -0.3 is 15.6 Å². The highest BCUT2D eigenvalue weighted by Gasteiger charge is 2.04. The van der Waals surface area contributed by atoms with Crippen molar-refractivity contribution in [2.24, 2.45) is 12.8 Å². The summed E-state index contributed by atoms with van der Waals surface area (Å²) in [4.78, 5) is 11.9. The second-order valence-electron chi connectivity index (χ2n) is 5.93. The van der Waals surface area contributed by atoms with Crippen molar-refractivity contribution < 1.29 is 0 Å². The van der Waals surface area contributed by atoms with Gasteiger partial charge in [-0.15, -0.1) is 0 Å². The van der Waals surface area contributed by atoms with Gasteiger partial charge in [-0.2, -0.15) is 0 Å². The Hall–Kier alpha value is -2.85. The lowest BCUT2D eigenvalue weighted by Crippen LogP contribution is -2.19. The highest BCUT2D eigenvalue weighted by molar-refractivity contribution is 5.75. The minimum atomic E-state index is 0.00642. The summed E-state index contributed by atoms with van der Waals surface area (Å²) in [5.74, 6) is 0. The molecule has 0 saturated heterocycles. The van der Waals surface area contributed by atoms with Gasteiger partial charge in [-0.3, -0.25) is 4.79 Å². The normalized spacial score (nSPS) is 11.7. The molecular weight excluding hydrogens is 310 g/mol. The first-order valence-corrected chi connectivity index (χ1v) is 8.24. The molecular formula is C21H25N3O. The molecule has 130 valence electrons. The molecule has 0 atom stereocenters. The van der Waals surface area contributed by atoms with Crippen LogP contribution in [-0.4, -0.2) is 11.1 Å². The number of hydrogen-bond acceptors (Lipinski definition) is 3. The predicted octanol–water partition coefficient (Wildman–Crippen LogP) is 2.90. The SMILES string of the molecule is C=C(/C=C(\C=C/CN)c1cc(C)c(=O)n(C)c1)NCc1ccccc1. The molecule has 1 aromatic heterocycles. The molecule has 4 nitrogen and oxygen atoms in total. The van der Waals surface area contributed by atoms with Crippen LogP contribution in [0.4, 0.5) is 0 Å². The summed E-state index contributed by atoms with van der Waals surface area (Å²) in [5.41, 5.74) is 10.2. The summed E-state index contributed by atoms with van der Waals surface area (Å²) >= 11 is 0. The number of allylic oxidation sites excluding steroid dienone is 3. The molecule has 0 aliphatic rings. The van der Waals surface area contributed by atoms with Crippen LogP contribution in [0.1, 0.15) is 16.7 Å². The molecule has 1 heterocycles. The van der Waals surface area contributed by atoms with Crippen molar-refractivity contribution in [3.63, 3.8) is 0 Å². The van der Waals surface area contributed by atoms with Gasteiger partial charge in [-0.05, 0) is 35.8 Å². The Kier molecular flexibility index (Phi) is 6.54. The van der Waals surface area contributed by atoms with Crippen LogP contribution >= 0.6 is 0 Å². The molecule has 25 heavy (non-hydrogen) atoms. The minimum absolute atomic E-state index is 0.00642. The number of nitrogens with zero attached hydrogens (tertiary/aromatic N) is 1. The molecule has 0 spiro atoms. The molecule has 2 rings (SSSR count). The largest absolute Gasteiger partial charge is 0.381 e. The molecule has 0 aliphatic carbocycles. The van der Waals surface area contributed by atoms with Crippen molar-refractivity contribution >= 4 is 5.57 Å². The topological polar surface area (TPSA) is 60.1 Å². The number of hydrogen-bond donors (Lipinski definition) is 2. The van der Waals surface area contributed by atoms with Gasteiger partial charge in [0.05, 0.1) is 0 Å². The van der Waals surface area contributed by atoms with E-state index in [1.54, 1.807) is 11.6 Å². The third-order valence-corrected chi connectivity index (χ3v) is 3.82. The van der Waals surface area contributed by atoms with E-state index in [1.165, 1.54) is 5.56 Å². The maximum atomic E-state index is 11.9. The fraction of sp³-hybridized carbons (Fsp3) is 0.190. The van der Waals surface area contributed by atoms with Crippen LogP contribution in [0.5, 0.6) is 0 Å². The second-order valence-corrected chi connectivity index (χ2v) is 5.93. The molecule has 4 heteroatoms. The second kappa shape index (κ2) is 8.85. The van der Waals surface area contributed by atoms with E-state index in [2.05, 4.69) is 24.0 Å².